The summed E-state index contributed by atoms with van der Waals surface area (Å²) in [6.07, 6.45) is -1.52. The van der Waals surface area contributed by atoms with Gasteiger partial charge in [0.25, 0.3) is 5.69 Å². The summed E-state index contributed by atoms with van der Waals surface area (Å²) < 4.78 is 32.6. The average Bonchev–Trinajstić information content (AvgIpc) is 3.05. The predicted molar refractivity (Wildman–Crippen MR) is 106 cm³/mol. The number of aliphatic hydroxyl groups is 1. The second-order valence-corrected chi connectivity index (χ2v) is 8.58. The minimum atomic E-state index is -4.25. The summed E-state index contributed by atoms with van der Waals surface area (Å²) in [7, 11) is -4.25. The summed E-state index contributed by atoms with van der Waals surface area (Å²) in [4.78, 5) is 21.8. The van der Waals surface area contributed by atoms with Crippen molar-refractivity contribution in [2.24, 2.45) is 0 Å². The lowest BCUT2D eigenvalue weighted by atomic mass is 10.2. The van der Waals surface area contributed by atoms with Gasteiger partial charge in [-0.1, -0.05) is 42.5 Å². The van der Waals surface area contributed by atoms with Gasteiger partial charge in [0, 0.05) is 12.1 Å². The Balaban J connectivity index is 1.58. The Labute approximate surface area is 173 Å². The van der Waals surface area contributed by atoms with Crippen LogP contribution in [-0.4, -0.2) is 42.7 Å². The number of sulfonamides is 1. The molecule has 0 unspecified atom stereocenters. The second-order valence-electron chi connectivity index (χ2n) is 6.89. The molecule has 11 heteroatoms. The molecule has 0 aliphatic heterocycles. The molecule has 1 aliphatic rings. The second kappa shape index (κ2) is 9.20. The van der Waals surface area contributed by atoms with Gasteiger partial charge < -0.3 is 15.2 Å². The molecule has 30 heavy (non-hydrogen) atoms. The molecule has 1 amide bonds. The van der Waals surface area contributed by atoms with Crippen LogP contribution in [0.3, 0.4) is 0 Å². The first-order chi connectivity index (χ1) is 14.3. The van der Waals surface area contributed by atoms with Crippen LogP contribution in [0.4, 0.5) is 10.5 Å². The van der Waals surface area contributed by atoms with Crippen molar-refractivity contribution in [2.75, 3.05) is 0 Å². The average molecular weight is 435 g/mol. The number of nitrogens with zero attached hydrogens (tertiary/aromatic N) is 1. The van der Waals surface area contributed by atoms with E-state index in [1.807, 2.05) is 18.2 Å². The fourth-order valence-corrected chi connectivity index (χ4v) is 4.74. The van der Waals surface area contributed by atoms with Crippen LogP contribution in [0.15, 0.2) is 59.5 Å². The zero-order chi connectivity index (χ0) is 21.7. The molecule has 3 N–H and O–H groups in total. The lowest BCUT2D eigenvalue weighted by molar-refractivity contribution is -0.387. The number of aliphatic hydroxyl groups excluding tert-OH is 1. The third kappa shape index (κ3) is 5.32. The molecule has 160 valence electrons. The van der Waals surface area contributed by atoms with Crippen molar-refractivity contribution < 1.29 is 28.0 Å². The molecule has 0 aromatic heterocycles. The first-order valence-electron chi connectivity index (χ1n) is 9.17. The van der Waals surface area contributed by atoms with Crippen LogP contribution in [0, 0.1) is 10.1 Å². The first kappa shape index (κ1) is 21.7. The molecule has 0 saturated heterocycles. The fraction of sp³-hybridized carbons (Fsp3) is 0.316. The number of nitro benzene ring substituents is 1. The van der Waals surface area contributed by atoms with E-state index in [0.29, 0.717) is 0 Å². The number of para-hydroxylation sites is 1. The van der Waals surface area contributed by atoms with Crippen LogP contribution < -0.4 is 10.0 Å². The van der Waals surface area contributed by atoms with Crippen molar-refractivity contribution in [3.8, 4) is 0 Å². The van der Waals surface area contributed by atoms with Gasteiger partial charge in [0.15, 0.2) is 4.90 Å². The zero-order valence-electron chi connectivity index (χ0n) is 15.8. The van der Waals surface area contributed by atoms with Crippen LogP contribution in [0.25, 0.3) is 0 Å². The summed E-state index contributed by atoms with van der Waals surface area (Å²) in [5.74, 6) is 0. The molecule has 0 bridgehead atoms. The maximum absolute atomic E-state index is 12.6. The summed E-state index contributed by atoms with van der Waals surface area (Å²) in [5, 5.41) is 23.9. The van der Waals surface area contributed by atoms with E-state index in [1.54, 1.807) is 12.1 Å². The van der Waals surface area contributed by atoms with Crippen LogP contribution in [0.1, 0.15) is 18.4 Å². The van der Waals surface area contributed by atoms with Gasteiger partial charge in [0.1, 0.15) is 6.61 Å². The van der Waals surface area contributed by atoms with Gasteiger partial charge in [0.2, 0.25) is 10.0 Å². The van der Waals surface area contributed by atoms with Gasteiger partial charge in [-0.2, -0.15) is 0 Å². The zero-order valence-corrected chi connectivity index (χ0v) is 16.6. The molecule has 1 fully saturated rings. The highest BCUT2D eigenvalue weighted by Gasteiger charge is 2.38. The van der Waals surface area contributed by atoms with E-state index in [-0.39, 0.29) is 19.4 Å². The van der Waals surface area contributed by atoms with Crippen LogP contribution in [0.5, 0.6) is 0 Å². The van der Waals surface area contributed by atoms with Crippen molar-refractivity contribution in [2.45, 2.75) is 42.5 Å². The van der Waals surface area contributed by atoms with E-state index in [2.05, 4.69) is 10.0 Å². The number of benzene rings is 2. The Morgan fingerprint density at radius 1 is 1.13 bits per heavy atom. The molecule has 2 aromatic carbocycles. The lowest BCUT2D eigenvalue weighted by Crippen LogP contribution is -2.40. The first-order valence-corrected chi connectivity index (χ1v) is 10.7. The molecule has 10 nitrogen and oxygen atoms in total. The van der Waals surface area contributed by atoms with Crippen molar-refractivity contribution in [3.05, 3.63) is 70.3 Å². The predicted octanol–water partition coefficient (Wildman–Crippen LogP) is 1.69. The SMILES string of the molecule is O=C(N[C@@H]1C[C@H](NS(=O)(=O)c2ccccc2[N+](=O)[O-])[C@@H](O)C1)OCc1ccccc1. The molecular weight excluding hydrogens is 414 g/mol. The van der Waals surface area contributed by atoms with E-state index < -0.39 is 49.8 Å². The molecule has 2 aromatic rings. The lowest BCUT2D eigenvalue weighted by Gasteiger charge is -2.16. The Kier molecular flexibility index (Phi) is 6.65. The van der Waals surface area contributed by atoms with Gasteiger partial charge in [-0.25, -0.2) is 17.9 Å². The van der Waals surface area contributed by atoms with Gasteiger partial charge in [-0.05, 0) is 24.5 Å². The Morgan fingerprint density at radius 3 is 2.50 bits per heavy atom. The number of hydrogen-bond acceptors (Lipinski definition) is 7. The van der Waals surface area contributed by atoms with Crippen LogP contribution in [0.2, 0.25) is 0 Å². The third-order valence-corrected chi connectivity index (χ3v) is 6.26. The molecule has 0 heterocycles. The number of amides is 1. The van der Waals surface area contributed by atoms with E-state index in [9.17, 15) is 28.4 Å². The minimum absolute atomic E-state index is 0.0790. The van der Waals surface area contributed by atoms with E-state index in [0.717, 1.165) is 17.7 Å². The number of hydrogen-bond donors (Lipinski definition) is 3. The smallest absolute Gasteiger partial charge is 0.407 e. The summed E-state index contributed by atoms with van der Waals surface area (Å²) >= 11 is 0. The highest BCUT2D eigenvalue weighted by molar-refractivity contribution is 7.89. The van der Waals surface area contributed by atoms with E-state index in [4.69, 9.17) is 4.74 Å². The van der Waals surface area contributed by atoms with Gasteiger partial charge in [-0.3, -0.25) is 10.1 Å². The van der Waals surface area contributed by atoms with Gasteiger partial charge in [0.05, 0.1) is 17.1 Å². The summed E-state index contributed by atoms with van der Waals surface area (Å²) in [6, 6.07) is 12.6. The summed E-state index contributed by atoms with van der Waals surface area (Å²) in [5.41, 5.74) is 0.255. The van der Waals surface area contributed by atoms with Crippen LogP contribution in [-0.2, 0) is 21.4 Å². The van der Waals surface area contributed by atoms with Crippen molar-refractivity contribution in [1.82, 2.24) is 10.0 Å². The standard InChI is InChI=1S/C19H21N3O7S/c23-17-11-14(20-19(24)29-12-13-6-2-1-3-7-13)10-15(17)21-30(27,28)18-9-5-4-8-16(18)22(25)26/h1-9,14-15,17,21,23H,10-12H2,(H,20,24)/t14-,15+,17+/m1/s1. The third-order valence-electron chi connectivity index (χ3n) is 4.72. The monoisotopic (exact) mass is 435 g/mol. The van der Waals surface area contributed by atoms with Crippen molar-refractivity contribution >= 4 is 21.8 Å². The molecule has 0 spiro atoms. The molecule has 3 atom stereocenters. The molecular formula is C19H21N3O7S. The Bertz CT molecular complexity index is 1010. The quantitative estimate of drug-likeness (QED) is 0.443. The highest BCUT2D eigenvalue weighted by Crippen LogP contribution is 2.26. The maximum Gasteiger partial charge on any atom is 0.407 e. The Hall–Kier alpha value is -3.02. The number of ether oxygens (including phenoxy) is 1. The molecule has 1 saturated carbocycles. The van der Waals surface area contributed by atoms with Gasteiger partial charge >= 0.3 is 6.09 Å². The van der Waals surface area contributed by atoms with E-state index in [1.165, 1.54) is 12.1 Å². The number of alkyl carbamates (subject to hydrolysis) is 1. The number of nitro groups is 1. The highest BCUT2D eigenvalue weighted by atomic mass is 32.2. The summed E-state index contributed by atoms with van der Waals surface area (Å²) in [6.45, 7) is 0.0790. The molecule has 3 rings (SSSR count). The number of nitrogens with one attached hydrogen (secondary N) is 2. The largest absolute Gasteiger partial charge is 0.445 e. The van der Waals surface area contributed by atoms with Gasteiger partial charge in [-0.15, -0.1) is 0 Å². The molecule has 1 aliphatic carbocycles. The number of rotatable bonds is 7. The molecule has 0 radical (unpaired) electrons. The number of carbonyl (C=O) groups is 1. The topological polar surface area (TPSA) is 148 Å². The normalized spacial score (nSPS) is 21.2. The van der Waals surface area contributed by atoms with Crippen molar-refractivity contribution in [1.29, 1.82) is 0 Å². The van der Waals surface area contributed by atoms with Crippen LogP contribution >= 0.6 is 0 Å². The minimum Gasteiger partial charge on any atom is -0.445 e. The van der Waals surface area contributed by atoms with E-state index >= 15 is 0 Å². The van der Waals surface area contributed by atoms with Crippen molar-refractivity contribution in [3.63, 3.8) is 0 Å². The fourth-order valence-electron chi connectivity index (χ4n) is 3.29. The maximum atomic E-state index is 12.6. The number of carbonyl (C=O) groups excluding carboxylic acids is 1. The Morgan fingerprint density at radius 2 is 1.80 bits per heavy atom.